The monoisotopic (exact) mass is 280 g/mol. The van der Waals surface area contributed by atoms with Gasteiger partial charge in [-0.2, -0.15) is 0 Å². The van der Waals surface area contributed by atoms with Crippen molar-refractivity contribution in [1.29, 1.82) is 0 Å². The van der Waals surface area contributed by atoms with Crippen molar-refractivity contribution < 1.29 is 4.79 Å². The molecule has 3 nitrogen and oxygen atoms in total. The molecule has 1 amide bonds. The first-order chi connectivity index (χ1) is 7.66. The number of aromatic nitrogens is 1. The van der Waals surface area contributed by atoms with Crippen LogP contribution in [0.1, 0.15) is 20.5 Å². The number of carbonyl (C=O) groups is 1. The molecule has 2 rings (SSSR count). The second-order valence-corrected chi connectivity index (χ2v) is 6.01. The first-order valence-corrected chi connectivity index (χ1v) is 6.68. The zero-order valence-electron chi connectivity index (χ0n) is 9.15. The third kappa shape index (κ3) is 2.40. The van der Waals surface area contributed by atoms with E-state index in [9.17, 15) is 4.79 Å². The van der Waals surface area contributed by atoms with E-state index in [1.807, 2.05) is 25.1 Å². The van der Waals surface area contributed by atoms with E-state index in [1.54, 1.807) is 12.1 Å². The van der Waals surface area contributed by atoms with Gasteiger partial charge in [0, 0.05) is 0 Å². The van der Waals surface area contributed by atoms with Crippen molar-refractivity contribution in [3.05, 3.63) is 46.0 Å². The molecule has 1 N–H and O–H groups in total. The van der Waals surface area contributed by atoms with Gasteiger partial charge in [-0.3, -0.25) is 0 Å². The van der Waals surface area contributed by atoms with Crippen LogP contribution < -0.4 is 5.32 Å². The van der Waals surface area contributed by atoms with Crippen LogP contribution in [-0.2, 0) is 0 Å². The number of rotatable bonds is 2. The number of benzene rings is 1. The molecule has 82 valence electrons. The van der Waals surface area contributed by atoms with E-state index in [2.05, 4.69) is 17.2 Å². The molecule has 4 heteroatoms. The summed E-state index contributed by atoms with van der Waals surface area (Å²) >= 11 is 0.175. The number of aryl methyl sites for hydroxylation is 2. The van der Waals surface area contributed by atoms with Gasteiger partial charge >= 0.3 is 100 Å². The molecule has 0 atom stereocenters. The Morgan fingerprint density at radius 2 is 1.94 bits per heavy atom. The molecule has 1 heterocycles. The van der Waals surface area contributed by atoms with Crippen LogP contribution in [-0.4, -0.2) is 25.4 Å². The molecule has 0 bridgehead atoms. The maximum absolute atomic E-state index is 11.8. The molecule has 0 saturated carbocycles. The quantitative estimate of drug-likeness (QED) is 0.854. The number of amides is 1. The Morgan fingerprint density at radius 3 is 2.50 bits per heavy atom. The average molecular weight is 279 g/mol. The number of anilines is 1. The Balaban J connectivity index is 2.14. The van der Waals surface area contributed by atoms with Crippen LogP contribution >= 0.6 is 0 Å². The minimum atomic E-state index is -0.0799. The van der Waals surface area contributed by atoms with Crippen molar-refractivity contribution in [2.75, 3.05) is 5.32 Å². The Bertz CT molecular complexity index is 485. The Hall–Kier alpha value is -1.38. The summed E-state index contributed by atoms with van der Waals surface area (Å²) in [5.74, 6) is -0.0799. The molecule has 1 aromatic carbocycles. The Labute approximate surface area is 100 Å². The molecule has 0 unspecified atom stereocenters. The maximum atomic E-state index is 11.8. The summed E-state index contributed by atoms with van der Waals surface area (Å²) in [6.45, 7) is 4.03. The van der Waals surface area contributed by atoms with Crippen molar-refractivity contribution in [3.63, 3.8) is 0 Å². The van der Waals surface area contributed by atoms with Gasteiger partial charge < -0.3 is 0 Å². The topological polar surface area (TPSA) is 42.0 Å². The second-order valence-electron chi connectivity index (χ2n) is 3.48. The summed E-state index contributed by atoms with van der Waals surface area (Å²) in [4.78, 5) is 16.1. The van der Waals surface area contributed by atoms with Gasteiger partial charge in [0.05, 0.1) is 0 Å². The fraction of sp³-hybridized carbons (Fsp3) is 0.167. The molecular formula is C12H12N2OSe. The first kappa shape index (κ1) is 11.1. The van der Waals surface area contributed by atoms with Gasteiger partial charge in [-0.1, -0.05) is 0 Å². The van der Waals surface area contributed by atoms with Crippen molar-refractivity contribution in [3.8, 4) is 0 Å². The van der Waals surface area contributed by atoms with Crippen LogP contribution in [0.2, 0.25) is 0 Å². The molecule has 0 aliphatic rings. The van der Waals surface area contributed by atoms with E-state index in [4.69, 9.17) is 0 Å². The van der Waals surface area contributed by atoms with Crippen LogP contribution in [0.25, 0.3) is 0 Å². The standard InChI is InChI=1S/C12H12N2OSe/c1-8-9(2)16-12(13-8)14-11(15)10-6-4-3-5-7-10/h3-7H,1-2H3,(H,13,14,15). The molecular weight excluding hydrogens is 267 g/mol. The average Bonchev–Trinajstić information content (AvgIpc) is 2.59. The number of nitrogens with zero attached hydrogens (tertiary/aromatic N) is 1. The molecule has 1 aromatic heterocycles. The number of hydrogen-bond acceptors (Lipinski definition) is 2. The molecule has 0 aliphatic carbocycles. The predicted octanol–water partition coefficient (Wildman–Crippen LogP) is 2.01. The summed E-state index contributed by atoms with van der Waals surface area (Å²) in [6.07, 6.45) is 0. The van der Waals surface area contributed by atoms with Crippen molar-refractivity contribution >= 4 is 25.1 Å². The van der Waals surface area contributed by atoms with E-state index in [0.717, 1.165) is 10.4 Å². The zero-order valence-corrected chi connectivity index (χ0v) is 10.9. The van der Waals surface area contributed by atoms with Crippen LogP contribution in [0.5, 0.6) is 0 Å². The Morgan fingerprint density at radius 1 is 1.25 bits per heavy atom. The minimum absolute atomic E-state index is 0.0799. The van der Waals surface area contributed by atoms with Gasteiger partial charge in [0.2, 0.25) is 0 Å². The molecule has 0 radical (unpaired) electrons. The zero-order chi connectivity index (χ0) is 11.5. The normalized spacial score (nSPS) is 10.1. The summed E-state index contributed by atoms with van der Waals surface area (Å²) in [7, 11) is 0. The number of carbonyl (C=O) groups excluding carboxylic acids is 1. The number of nitrogens with one attached hydrogen (secondary N) is 1. The van der Waals surface area contributed by atoms with Gasteiger partial charge in [-0.15, -0.1) is 0 Å². The summed E-state index contributed by atoms with van der Waals surface area (Å²) in [5.41, 5.74) is 1.70. The first-order valence-electron chi connectivity index (χ1n) is 4.97. The molecule has 0 spiro atoms. The molecule has 0 saturated heterocycles. The van der Waals surface area contributed by atoms with Crippen molar-refractivity contribution in [1.82, 2.24) is 4.98 Å². The molecule has 16 heavy (non-hydrogen) atoms. The van der Waals surface area contributed by atoms with Gasteiger partial charge in [-0.25, -0.2) is 0 Å². The van der Waals surface area contributed by atoms with Crippen LogP contribution in [0.15, 0.2) is 30.3 Å². The third-order valence-electron chi connectivity index (χ3n) is 2.28. The molecule has 2 aromatic rings. The van der Waals surface area contributed by atoms with Gasteiger partial charge in [0.15, 0.2) is 0 Å². The van der Waals surface area contributed by atoms with Crippen molar-refractivity contribution in [2.45, 2.75) is 13.8 Å². The van der Waals surface area contributed by atoms with Crippen LogP contribution in [0.4, 0.5) is 4.69 Å². The molecule has 0 fully saturated rings. The van der Waals surface area contributed by atoms with Crippen LogP contribution in [0, 0.1) is 13.8 Å². The van der Waals surface area contributed by atoms with Crippen LogP contribution in [0.3, 0.4) is 0 Å². The summed E-state index contributed by atoms with van der Waals surface area (Å²) in [5, 5.41) is 2.85. The van der Waals surface area contributed by atoms with Gasteiger partial charge in [0.25, 0.3) is 0 Å². The van der Waals surface area contributed by atoms with Crippen molar-refractivity contribution in [2.24, 2.45) is 0 Å². The van der Waals surface area contributed by atoms with Gasteiger partial charge in [0.1, 0.15) is 0 Å². The third-order valence-corrected chi connectivity index (χ3v) is 4.36. The SMILES string of the molecule is Cc1nc(NC(=O)c2ccccc2)[se]c1C. The summed E-state index contributed by atoms with van der Waals surface area (Å²) in [6, 6.07) is 9.19. The predicted molar refractivity (Wildman–Crippen MR) is 65.0 cm³/mol. The van der Waals surface area contributed by atoms with Gasteiger partial charge in [-0.05, 0) is 0 Å². The van der Waals surface area contributed by atoms with E-state index in [0.29, 0.717) is 5.56 Å². The molecule has 0 aliphatic heterocycles. The van der Waals surface area contributed by atoms with E-state index in [-0.39, 0.29) is 20.4 Å². The fourth-order valence-corrected chi connectivity index (χ4v) is 2.98. The second kappa shape index (κ2) is 4.64. The number of hydrogen-bond donors (Lipinski definition) is 1. The van der Waals surface area contributed by atoms with E-state index >= 15 is 0 Å². The van der Waals surface area contributed by atoms with E-state index < -0.39 is 0 Å². The summed E-state index contributed by atoms with van der Waals surface area (Å²) < 4.78 is 2.08. The van der Waals surface area contributed by atoms with E-state index in [1.165, 1.54) is 4.44 Å². The fourth-order valence-electron chi connectivity index (χ4n) is 1.29. The Kier molecular flexibility index (Phi) is 3.22.